The Bertz CT molecular complexity index is 508. The summed E-state index contributed by atoms with van der Waals surface area (Å²) in [7, 11) is 1.58. The minimum absolute atomic E-state index is 0.538. The predicted octanol–water partition coefficient (Wildman–Crippen LogP) is 2.31. The average molecular weight is 233 g/mol. The van der Waals surface area contributed by atoms with Crippen LogP contribution >= 0.6 is 0 Å². The second kappa shape index (κ2) is 4.86. The average Bonchev–Trinajstić information content (AvgIpc) is 2.72. The highest BCUT2D eigenvalue weighted by atomic mass is 16.5. The first kappa shape index (κ1) is 11.4. The summed E-state index contributed by atoms with van der Waals surface area (Å²) >= 11 is 0. The van der Waals surface area contributed by atoms with Crippen LogP contribution in [0.25, 0.3) is 0 Å². The van der Waals surface area contributed by atoms with Crippen molar-refractivity contribution in [2.24, 2.45) is 0 Å². The van der Waals surface area contributed by atoms with Gasteiger partial charge in [-0.3, -0.25) is 0 Å². The molecule has 0 aliphatic rings. The van der Waals surface area contributed by atoms with E-state index in [1.165, 1.54) is 0 Å². The van der Waals surface area contributed by atoms with Crippen molar-refractivity contribution in [3.8, 4) is 5.88 Å². The van der Waals surface area contributed by atoms with Crippen LogP contribution in [0.15, 0.2) is 22.6 Å². The molecule has 1 N–H and O–H groups in total. The topological polar surface area (TPSA) is 60.2 Å². The van der Waals surface area contributed by atoms with Gasteiger partial charge in [-0.15, -0.1) is 0 Å². The molecule has 5 heteroatoms. The monoisotopic (exact) mass is 233 g/mol. The Kier molecular flexibility index (Phi) is 3.27. The van der Waals surface area contributed by atoms with E-state index in [0.717, 1.165) is 17.2 Å². The van der Waals surface area contributed by atoms with Crippen LogP contribution in [0.2, 0.25) is 0 Å². The highest BCUT2D eigenvalue weighted by Gasteiger charge is 2.03. The number of aryl methyl sites for hydroxylation is 2. The van der Waals surface area contributed by atoms with E-state index < -0.39 is 0 Å². The third-order valence-electron chi connectivity index (χ3n) is 2.26. The summed E-state index contributed by atoms with van der Waals surface area (Å²) in [5.41, 5.74) is 0.856. The number of anilines is 1. The number of hydrogen-bond donors (Lipinski definition) is 1. The number of furan rings is 1. The van der Waals surface area contributed by atoms with Gasteiger partial charge >= 0.3 is 0 Å². The number of methoxy groups -OCH3 is 1. The molecule has 0 unspecified atom stereocenters. The van der Waals surface area contributed by atoms with E-state index in [9.17, 15) is 0 Å². The van der Waals surface area contributed by atoms with E-state index in [2.05, 4.69) is 15.3 Å². The van der Waals surface area contributed by atoms with Gasteiger partial charge in [-0.05, 0) is 26.0 Å². The molecule has 0 fully saturated rings. The minimum Gasteiger partial charge on any atom is -0.481 e. The quantitative estimate of drug-likeness (QED) is 0.878. The van der Waals surface area contributed by atoms with Crippen LogP contribution in [-0.4, -0.2) is 17.1 Å². The zero-order valence-electron chi connectivity index (χ0n) is 10.2. The van der Waals surface area contributed by atoms with Crippen molar-refractivity contribution in [2.45, 2.75) is 20.4 Å². The largest absolute Gasteiger partial charge is 0.481 e. The van der Waals surface area contributed by atoms with Crippen molar-refractivity contribution >= 4 is 5.95 Å². The van der Waals surface area contributed by atoms with Gasteiger partial charge < -0.3 is 14.5 Å². The minimum atomic E-state index is 0.538. The third kappa shape index (κ3) is 2.96. The summed E-state index contributed by atoms with van der Waals surface area (Å²) in [4.78, 5) is 8.45. The summed E-state index contributed by atoms with van der Waals surface area (Å²) in [5, 5.41) is 3.09. The number of hydrogen-bond acceptors (Lipinski definition) is 5. The van der Waals surface area contributed by atoms with Crippen LogP contribution in [0.1, 0.15) is 17.2 Å². The van der Waals surface area contributed by atoms with Crippen molar-refractivity contribution < 1.29 is 9.15 Å². The Labute approximate surface area is 99.8 Å². The fraction of sp³-hybridized carbons (Fsp3) is 0.333. The normalized spacial score (nSPS) is 10.3. The Balaban J connectivity index is 2.05. The van der Waals surface area contributed by atoms with Gasteiger partial charge in [-0.25, -0.2) is 4.98 Å². The van der Waals surface area contributed by atoms with Gasteiger partial charge in [0, 0.05) is 11.8 Å². The van der Waals surface area contributed by atoms with Gasteiger partial charge in [0.1, 0.15) is 11.5 Å². The van der Waals surface area contributed by atoms with Gasteiger partial charge in [-0.1, -0.05) is 0 Å². The van der Waals surface area contributed by atoms with Gasteiger partial charge in [0.15, 0.2) is 0 Å². The molecule has 17 heavy (non-hydrogen) atoms. The second-order valence-electron chi connectivity index (χ2n) is 3.74. The molecule has 2 rings (SSSR count). The lowest BCUT2D eigenvalue weighted by Gasteiger charge is -2.05. The predicted molar refractivity (Wildman–Crippen MR) is 64.1 cm³/mol. The van der Waals surface area contributed by atoms with Crippen LogP contribution < -0.4 is 10.1 Å². The van der Waals surface area contributed by atoms with Crippen LogP contribution in [0.3, 0.4) is 0 Å². The first-order chi connectivity index (χ1) is 8.17. The number of aromatic nitrogens is 2. The van der Waals surface area contributed by atoms with Crippen LogP contribution in [0, 0.1) is 13.8 Å². The smallest absolute Gasteiger partial charge is 0.226 e. The van der Waals surface area contributed by atoms with Crippen molar-refractivity contribution in [2.75, 3.05) is 12.4 Å². The molecule has 0 aromatic carbocycles. The fourth-order valence-electron chi connectivity index (χ4n) is 1.47. The highest BCUT2D eigenvalue weighted by molar-refractivity contribution is 5.31. The molecule has 0 atom stereocenters. The molecule has 0 saturated heterocycles. The van der Waals surface area contributed by atoms with Gasteiger partial charge in [-0.2, -0.15) is 4.98 Å². The standard InChI is InChI=1S/C12H15N3O2/c1-8-6-11(16-3)15-12(14-8)13-7-10-5-4-9(2)17-10/h4-6H,7H2,1-3H3,(H,13,14,15). The van der Waals surface area contributed by atoms with E-state index in [1.54, 1.807) is 13.2 Å². The molecule has 0 aliphatic carbocycles. The van der Waals surface area contributed by atoms with E-state index in [0.29, 0.717) is 18.4 Å². The van der Waals surface area contributed by atoms with E-state index in [-0.39, 0.29) is 0 Å². The molecule has 0 radical (unpaired) electrons. The molecule has 0 aliphatic heterocycles. The molecular formula is C12H15N3O2. The summed E-state index contributed by atoms with van der Waals surface area (Å²) in [5.74, 6) is 2.84. The molecule has 2 aromatic rings. The first-order valence-electron chi connectivity index (χ1n) is 5.36. The van der Waals surface area contributed by atoms with Crippen molar-refractivity contribution in [3.05, 3.63) is 35.4 Å². The number of nitrogens with zero attached hydrogens (tertiary/aromatic N) is 2. The maximum absolute atomic E-state index is 5.44. The maximum Gasteiger partial charge on any atom is 0.226 e. The zero-order valence-corrected chi connectivity index (χ0v) is 10.2. The number of rotatable bonds is 4. The first-order valence-corrected chi connectivity index (χ1v) is 5.36. The molecule has 90 valence electrons. The summed E-state index contributed by atoms with van der Waals surface area (Å²) in [6, 6.07) is 5.63. The Hall–Kier alpha value is -2.04. The van der Waals surface area contributed by atoms with Crippen molar-refractivity contribution in [3.63, 3.8) is 0 Å². The SMILES string of the molecule is COc1cc(C)nc(NCc2ccc(C)o2)n1. The van der Waals surface area contributed by atoms with Gasteiger partial charge in [0.2, 0.25) is 11.8 Å². The number of ether oxygens (including phenoxy) is 1. The molecule has 2 heterocycles. The summed E-state index contributed by atoms with van der Waals surface area (Å²) in [6.07, 6.45) is 0. The summed E-state index contributed by atoms with van der Waals surface area (Å²) < 4.78 is 10.5. The molecule has 5 nitrogen and oxygen atoms in total. The Morgan fingerprint density at radius 1 is 1.29 bits per heavy atom. The lowest BCUT2D eigenvalue weighted by atomic mass is 10.4. The van der Waals surface area contributed by atoms with Crippen LogP contribution in [0.4, 0.5) is 5.95 Å². The van der Waals surface area contributed by atoms with Crippen molar-refractivity contribution in [1.29, 1.82) is 0 Å². The van der Waals surface area contributed by atoms with Gasteiger partial charge in [0.05, 0.1) is 13.7 Å². The highest BCUT2D eigenvalue weighted by Crippen LogP contribution is 2.13. The van der Waals surface area contributed by atoms with E-state index in [4.69, 9.17) is 9.15 Å². The molecule has 0 spiro atoms. The Morgan fingerprint density at radius 3 is 2.76 bits per heavy atom. The molecule has 0 amide bonds. The Morgan fingerprint density at radius 2 is 2.12 bits per heavy atom. The molecule has 2 aromatic heterocycles. The van der Waals surface area contributed by atoms with Crippen molar-refractivity contribution in [1.82, 2.24) is 9.97 Å². The maximum atomic E-state index is 5.44. The van der Waals surface area contributed by atoms with Gasteiger partial charge in [0.25, 0.3) is 0 Å². The van der Waals surface area contributed by atoms with Crippen LogP contribution in [-0.2, 0) is 6.54 Å². The lowest BCUT2D eigenvalue weighted by Crippen LogP contribution is -2.04. The zero-order chi connectivity index (χ0) is 12.3. The van der Waals surface area contributed by atoms with Crippen LogP contribution in [0.5, 0.6) is 5.88 Å². The molecular weight excluding hydrogens is 218 g/mol. The fourth-order valence-corrected chi connectivity index (χ4v) is 1.47. The van der Waals surface area contributed by atoms with E-state index in [1.807, 2.05) is 26.0 Å². The second-order valence-corrected chi connectivity index (χ2v) is 3.74. The van der Waals surface area contributed by atoms with E-state index >= 15 is 0 Å². The molecule has 0 bridgehead atoms. The lowest BCUT2D eigenvalue weighted by molar-refractivity contribution is 0.397. The molecule has 0 saturated carbocycles. The number of nitrogens with one attached hydrogen (secondary N) is 1. The summed E-state index contributed by atoms with van der Waals surface area (Å²) in [6.45, 7) is 4.36. The third-order valence-corrected chi connectivity index (χ3v) is 2.26.